The lowest BCUT2D eigenvalue weighted by molar-refractivity contribution is -0.138. The Morgan fingerprint density at radius 2 is 1.88 bits per heavy atom. The molecule has 4 nitrogen and oxygen atoms in total. The second-order valence-corrected chi connectivity index (χ2v) is 7.95. The minimum atomic E-state index is -0.483. The van der Waals surface area contributed by atoms with Crippen molar-refractivity contribution in [2.45, 2.75) is 38.2 Å². The van der Waals surface area contributed by atoms with Gasteiger partial charge in [0.1, 0.15) is 0 Å². The molecule has 1 aliphatic carbocycles. The summed E-state index contributed by atoms with van der Waals surface area (Å²) in [6.07, 6.45) is 5.35. The van der Waals surface area contributed by atoms with Gasteiger partial charge in [-0.1, -0.05) is 47.3 Å². The summed E-state index contributed by atoms with van der Waals surface area (Å²) in [5.41, 5.74) is 0.935. The zero-order chi connectivity index (χ0) is 16.9. The summed E-state index contributed by atoms with van der Waals surface area (Å²) in [5, 5.41) is 10.4. The van der Waals surface area contributed by atoms with Gasteiger partial charge in [0.2, 0.25) is 5.91 Å². The second kappa shape index (κ2) is 8.45. The summed E-state index contributed by atoms with van der Waals surface area (Å²) in [6.45, 7) is 3.91. The van der Waals surface area contributed by atoms with Crippen LogP contribution in [0.3, 0.4) is 0 Å². The predicted octanol–water partition coefficient (Wildman–Crippen LogP) is 3.21. The van der Waals surface area contributed by atoms with Gasteiger partial charge in [-0.2, -0.15) is 0 Å². The first-order valence-electron chi connectivity index (χ1n) is 9.08. The number of aliphatic hydroxyl groups is 1. The van der Waals surface area contributed by atoms with Gasteiger partial charge in [-0.3, -0.25) is 9.69 Å². The molecule has 2 fully saturated rings. The quantitative estimate of drug-likeness (QED) is 0.852. The van der Waals surface area contributed by atoms with E-state index in [1.54, 1.807) is 0 Å². The monoisotopic (exact) mass is 394 g/mol. The first-order chi connectivity index (χ1) is 11.6. The van der Waals surface area contributed by atoms with E-state index < -0.39 is 6.10 Å². The fourth-order valence-corrected chi connectivity index (χ4v) is 4.24. The fraction of sp³-hybridized carbons (Fsp3) is 0.632. The third kappa shape index (κ3) is 4.58. The minimum absolute atomic E-state index is 0.262. The average molecular weight is 395 g/mol. The number of rotatable bonds is 4. The van der Waals surface area contributed by atoms with Gasteiger partial charge in [-0.15, -0.1) is 0 Å². The van der Waals surface area contributed by atoms with Crippen LogP contribution in [0.5, 0.6) is 0 Å². The Morgan fingerprint density at radius 3 is 2.54 bits per heavy atom. The smallest absolute Gasteiger partial charge is 0.225 e. The highest BCUT2D eigenvalue weighted by atomic mass is 79.9. The van der Waals surface area contributed by atoms with Crippen LogP contribution in [-0.4, -0.2) is 53.5 Å². The molecule has 0 spiro atoms. The Labute approximate surface area is 153 Å². The van der Waals surface area contributed by atoms with E-state index in [0.29, 0.717) is 12.5 Å². The van der Waals surface area contributed by atoms with Crippen LogP contribution in [-0.2, 0) is 4.79 Å². The number of amides is 1. The number of halogens is 1. The molecule has 1 saturated carbocycles. The highest BCUT2D eigenvalue weighted by molar-refractivity contribution is 9.10. The molecule has 0 aromatic heterocycles. The van der Waals surface area contributed by atoms with E-state index in [2.05, 4.69) is 20.8 Å². The maximum atomic E-state index is 12.6. The molecule has 0 bridgehead atoms. The van der Waals surface area contributed by atoms with Crippen molar-refractivity contribution in [3.63, 3.8) is 0 Å². The van der Waals surface area contributed by atoms with Crippen LogP contribution in [0, 0.1) is 5.92 Å². The highest BCUT2D eigenvalue weighted by Gasteiger charge is 2.28. The summed E-state index contributed by atoms with van der Waals surface area (Å²) in [6, 6.07) is 7.83. The first-order valence-corrected chi connectivity index (χ1v) is 9.87. The van der Waals surface area contributed by atoms with Gasteiger partial charge in [-0.25, -0.2) is 0 Å². The normalized spacial score (nSPS) is 21.7. The van der Waals surface area contributed by atoms with E-state index in [0.717, 1.165) is 49.1 Å². The maximum Gasteiger partial charge on any atom is 0.225 e. The zero-order valence-corrected chi connectivity index (χ0v) is 15.7. The lowest BCUT2D eigenvalue weighted by Crippen LogP contribution is -2.51. The molecule has 1 heterocycles. The van der Waals surface area contributed by atoms with Crippen LogP contribution < -0.4 is 0 Å². The molecule has 1 atom stereocenters. The van der Waals surface area contributed by atoms with Crippen molar-refractivity contribution in [1.82, 2.24) is 9.80 Å². The Morgan fingerprint density at radius 1 is 1.17 bits per heavy atom. The van der Waals surface area contributed by atoms with Crippen LogP contribution in [0.4, 0.5) is 0 Å². The number of hydrogen-bond acceptors (Lipinski definition) is 3. The van der Waals surface area contributed by atoms with Gasteiger partial charge in [-0.05, 0) is 30.5 Å². The minimum Gasteiger partial charge on any atom is -0.387 e. The molecule has 1 saturated heterocycles. The van der Waals surface area contributed by atoms with Crippen molar-refractivity contribution in [3.05, 3.63) is 34.3 Å². The summed E-state index contributed by atoms with van der Waals surface area (Å²) < 4.78 is 0.988. The number of carbonyl (C=O) groups excluding carboxylic acids is 1. The first kappa shape index (κ1) is 17.9. The van der Waals surface area contributed by atoms with Crippen LogP contribution in [0.15, 0.2) is 28.7 Å². The SMILES string of the molecule is O=C(C1CCCCC1)N1CCN(CC(O)c2cccc(Br)c2)CC1. The van der Waals surface area contributed by atoms with E-state index in [1.807, 2.05) is 29.2 Å². The van der Waals surface area contributed by atoms with Crippen molar-refractivity contribution in [2.75, 3.05) is 32.7 Å². The largest absolute Gasteiger partial charge is 0.387 e. The molecule has 132 valence electrons. The number of piperazine rings is 1. The van der Waals surface area contributed by atoms with Gasteiger partial charge in [0.05, 0.1) is 6.10 Å². The number of hydrogen-bond donors (Lipinski definition) is 1. The van der Waals surface area contributed by atoms with Gasteiger partial charge >= 0.3 is 0 Å². The summed E-state index contributed by atoms with van der Waals surface area (Å²) in [5.74, 6) is 0.624. The lowest BCUT2D eigenvalue weighted by Gasteiger charge is -2.37. The Balaban J connectivity index is 1.47. The van der Waals surface area contributed by atoms with Gasteiger partial charge in [0.25, 0.3) is 0 Å². The van der Waals surface area contributed by atoms with Gasteiger partial charge in [0, 0.05) is 43.1 Å². The molecule has 1 N–H and O–H groups in total. The van der Waals surface area contributed by atoms with E-state index in [9.17, 15) is 9.90 Å². The topological polar surface area (TPSA) is 43.8 Å². The average Bonchev–Trinajstić information content (AvgIpc) is 2.62. The van der Waals surface area contributed by atoms with E-state index in [1.165, 1.54) is 19.3 Å². The molecule has 1 aromatic rings. The van der Waals surface area contributed by atoms with Crippen LogP contribution in [0.2, 0.25) is 0 Å². The zero-order valence-electron chi connectivity index (χ0n) is 14.2. The third-order valence-electron chi connectivity index (χ3n) is 5.30. The Kier molecular flexibility index (Phi) is 6.31. The molecular weight excluding hydrogens is 368 g/mol. The van der Waals surface area contributed by atoms with E-state index in [4.69, 9.17) is 0 Å². The molecule has 1 amide bonds. The Hall–Kier alpha value is -0.910. The molecular formula is C19H27BrN2O2. The van der Waals surface area contributed by atoms with E-state index in [-0.39, 0.29) is 5.92 Å². The predicted molar refractivity (Wildman–Crippen MR) is 98.7 cm³/mol. The summed E-state index contributed by atoms with van der Waals surface area (Å²) in [7, 11) is 0. The highest BCUT2D eigenvalue weighted by Crippen LogP contribution is 2.26. The molecule has 1 aromatic carbocycles. The molecule has 2 aliphatic rings. The summed E-state index contributed by atoms with van der Waals surface area (Å²) in [4.78, 5) is 16.9. The second-order valence-electron chi connectivity index (χ2n) is 7.03. The van der Waals surface area contributed by atoms with Crippen LogP contribution in [0.25, 0.3) is 0 Å². The number of carbonyl (C=O) groups is 1. The molecule has 1 aliphatic heterocycles. The van der Waals surface area contributed by atoms with Crippen molar-refractivity contribution in [3.8, 4) is 0 Å². The number of nitrogens with zero attached hydrogens (tertiary/aromatic N) is 2. The molecule has 5 heteroatoms. The number of benzene rings is 1. The lowest BCUT2D eigenvalue weighted by atomic mass is 9.88. The molecule has 24 heavy (non-hydrogen) atoms. The van der Waals surface area contributed by atoms with Gasteiger partial charge in [0.15, 0.2) is 0 Å². The third-order valence-corrected chi connectivity index (χ3v) is 5.80. The fourth-order valence-electron chi connectivity index (χ4n) is 3.82. The molecule has 1 unspecified atom stereocenters. The Bertz CT molecular complexity index is 552. The summed E-state index contributed by atoms with van der Waals surface area (Å²) >= 11 is 3.45. The van der Waals surface area contributed by atoms with E-state index >= 15 is 0 Å². The van der Waals surface area contributed by atoms with Gasteiger partial charge < -0.3 is 10.0 Å². The number of β-amino-alcohol motifs (C(OH)–C–C–N with tert-alkyl or cyclic N) is 1. The number of aliphatic hydroxyl groups excluding tert-OH is 1. The van der Waals surface area contributed by atoms with Crippen molar-refractivity contribution >= 4 is 21.8 Å². The van der Waals surface area contributed by atoms with Crippen molar-refractivity contribution in [2.24, 2.45) is 5.92 Å². The molecule has 0 radical (unpaired) electrons. The van der Waals surface area contributed by atoms with Crippen molar-refractivity contribution < 1.29 is 9.90 Å². The van der Waals surface area contributed by atoms with Crippen LogP contribution in [0.1, 0.15) is 43.8 Å². The molecule has 3 rings (SSSR count). The van der Waals surface area contributed by atoms with Crippen molar-refractivity contribution in [1.29, 1.82) is 0 Å². The van der Waals surface area contributed by atoms with Crippen LogP contribution >= 0.6 is 15.9 Å². The standard InChI is InChI=1S/C19H27BrN2O2/c20-17-8-4-7-16(13-17)18(23)14-21-9-11-22(12-10-21)19(24)15-5-2-1-3-6-15/h4,7-8,13,15,18,23H,1-3,5-6,9-12,14H2. The maximum absolute atomic E-state index is 12.6.